The molecule has 0 radical (unpaired) electrons. The van der Waals surface area contributed by atoms with Crippen LogP contribution in [0.4, 0.5) is 5.69 Å². The van der Waals surface area contributed by atoms with E-state index >= 15 is 0 Å². The van der Waals surface area contributed by atoms with E-state index in [9.17, 15) is 14.7 Å². The van der Waals surface area contributed by atoms with Crippen LogP contribution in [0.5, 0.6) is 11.5 Å². The smallest absolute Gasteiger partial charge is 0.313 e. The number of carbonyl (C=O) groups is 2. The molecular weight excluding hydrogens is 300 g/mol. The van der Waals surface area contributed by atoms with E-state index in [1.165, 1.54) is 0 Å². The number of carbonyl (C=O) groups excluding carboxylic acids is 2. The average molecular weight is 320 g/mol. The summed E-state index contributed by atoms with van der Waals surface area (Å²) in [5, 5.41) is 15.1. The molecule has 1 aliphatic heterocycles. The summed E-state index contributed by atoms with van der Waals surface area (Å²) in [6.07, 6.45) is 1.90. The van der Waals surface area contributed by atoms with Gasteiger partial charge in [0.15, 0.2) is 11.5 Å². The summed E-state index contributed by atoms with van der Waals surface area (Å²) in [5.74, 6) is -0.219. The molecule has 7 heteroatoms. The molecule has 3 rings (SSSR count). The predicted molar refractivity (Wildman–Crippen MR) is 82.4 cm³/mol. The highest BCUT2D eigenvalue weighted by Gasteiger charge is 2.40. The SMILES string of the molecule is CC(O)(CNC(=O)C(=O)Nc1ccc2c(c1)OCCO2)C1CC1. The highest BCUT2D eigenvalue weighted by atomic mass is 16.6. The third kappa shape index (κ3) is 3.73. The molecule has 23 heavy (non-hydrogen) atoms. The maximum Gasteiger partial charge on any atom is 0.313 e. The lowest BCUT2D eigenvalue weighted by Gasteiger charge is -2.23. The Hall–Kier alpha value is -2.28. The van der Waals surface area contributed by atoms with E-state index in [0.717, 1.165) is 12.8 Å². The number of anilines is 1. The molecule has 2 aliphatic rings. The largest absolute Gasteiger partial charge is 0.486 e. The van der Waals surface area contributed by atoms with E-state index in [-0.39, 0.29) is 12.5 Å². The molecule has 3 N–H and O–H groups in total. The van der Waals surface area contributed by atoms with Gasteiger partial charge in [-0.3, -0.25) is 9.59 Å². The third-order valence-electron chi connectivity index (χ3n) is 4.07. The zero-order valence-electron chi connectivity index (χ0n) is 12.9. The maximum atomic E-state index is 11.9. The second kappa shape index (κ2) is 6.08. The number of fused-ring (bicyclic) bond motifs is 1. The van der Waals surface area contributed by atoms with E-state index in [0.29, 0.717) is 30.4 Å². The van der Waals surface area contributed by atoms with Crippen molar-refractivity contribution in [2.75, 3.05) is 25.1 Å². The first-order valence-electron chi connectivity index (χ1n) is 7.67. The summed E-state index contributed by atoms with van der Waals surface area (Å²) >= 11 is 0. The quantitative estimate of drug-likeness (QED) is 0.709. The fraction of sp³-hybridized carbons (Fsp3) is 0.500. The van der Waals surface area contributed by atoms with Crippen molar-refractivity contribution in [2.24, 2.45) is 5.92 Å². The van der Waals surface area contributed by atoms with Crippen LogP contribution in [0.3, 0.4) is 0 Å². The lowest BCUT2D eigenvalue weighted by Crippen LogP contribution is -2.45. The first-order chi connectivity index (χ1) is 11.0. The number of rotatable bonds is 4. The molecule has 124 valence electrons. The standard InChI is InChI=1S/C16H20N2O5/c1-16(21,10-2-3-10)9-17-14(19)15(20)18-11-4-5-12-13(8-11)23-7-6-22-12/h4-5,8,10,21H,2-3,6-7,9H2,1H3,(H,17,19)(H,18,20). The summed E-state index contributed by atoms with van der Waals surface area (Å²) in [6, 6.07) is 4.93. The third-order valence-corrected chi connectivity index (χ3v) is 4.07. The van der Waals surface area contributed by atoms with Crippen molar-refractivity contribution >= 4 is 17.5 Å². The van der Waals surface area contributed by atoms with Crippen molar-refractivity contribution in [2.45, 2.75) is 25.4 Å². The van der Waals surface area contributed by atoms with Gasteiger partial charge in [0, 0.05) is 18.3 Å². The highest BCUT2D eigenvalue weighted by Crippen LogP contribution is 2.39. The fourth-order valence-corrected chi connectivity index (χ4v) is 2.50. The number of benzene rings is 1. The molecule has 1 aromatic carbocycles. The summed E-state index contributed by atoms with van der Waals surface area (Å²) in [7, 11) is 0. The van der Waals surface area contributed by atoms with Gasteiger partial charge in [-0.2, -0.15) is 0 Å². The summed E-state index contributed by atoms with van der Waals surface area (Å²) in [4.78, 5) is 23.7. The van der Waals surface area contributed by atoms with Crippen molar-refractivity contribution in [1.29, 1.82) is 0 Å². The van der Waals surface area contributed by atoms with Crippen molar-refractivity contribution in [3.05, 3.63) is 18.2 Å². The van der Waals surface area contributed by atoms with Gasteiger partial charge in [-0.05, 0) is 37.8 Å². The van der Waals surface area contributed by atoms with Crippen LogP contribution in [-0.2, 0) is 9.59 Å². The normalized spacial score (nSPS) is 18.7. The molecule has 1 heterocycles. The molecule has 1 fully saturated rings. The zero-order chi connectivity index (χ0) is 16.4. The number of amides is 2. The van der Waals surface area contributed by atoms with Gasteiger partial charge >= 0.3 is 11.8 Å². The Morgan fingerprint density at radius 2 is 1.91 bits per heavy atom. The van der Waals surface area contributed by atoms with Crippen LogP contribution in [0.25, 0.3) is 0 Å². The molecule has 7 nitrogen and oxygen atoms in total. The molecule has 0 spiro atoms. The van der Waals surface area contributed by atoms with Gasteiger partial charge in [0.1, 0.15) is 13.2 Å². The van der Waals surface area contributed by atoms with Gasteiger partial charge in [0.2, 0.25) is 0 Å². The van der Waals surface area contributed by atoms with Gasteiger partial charge in [-0.1, -0.05) is 0 Å². The molecule has 1 aliphatic carbocycles. The highest BCUT2D eigenvalue weighted by molar-refractivity contribution is 6.39. The Morgan fingerprint density at radius 3 is 2.61 bits per heavy atom. The monoisotopic (exact) mass is 320 g/mol. The summed E-state index contributed by atoms with van der Waals surface area (Å²) in [5.41, 5.74) is -0.518. The van der Waals surface area contributed by atoms with Crippen LogP contribution in [0.1, 0.15) is 19.8 Å². The molecule has 0 bridgehead atoms. The molecule has 2 amide bonds. The molecule has 1 unspecified atom stereocenters. The van der Waals surface area contributed by atoms with E-state index in [4.69, 9.17) is 9.47 Å². The predicted octanol–water partition coefficient (Wildman–Crippen LogP) is 0.673. The van der Waals surface area contributed by atoms with Crippen molar-refractivity contribution < 1.29 is 24.2 Å². The van der Waals surface area contributed by atoms with E-state index < -0.39 is 17.4 Å². The molecule has 1 atom stereocenters. The van der Waals surface area contributed by atoms with Gasteiger partial charge in [-0.15, -0.1) is 0 Å². The number of ether oxygens (including phenoxy) is 2. The molecule has 1 aromatic rings. The van der Waals surface area contributed by atoms with Gasteiger partial charge in [-0.25, -0.2) is 0 Å². The van der Waals surface area contributed by atoms with Crippen molar-refractivity contribution in [1.82, 2.24) is 5.32 Å². The van der Waals surface area contributed by atoms with E-state index in [1.54, 1.807) is 25.1 Å². The molecular formula is C16H20N2O5. The number of hydrogen-bond donors (Lipinski definition) is 3. The minimum Gasteiger partial charge on any atom is -0.486 e. The Balaban J connectivity index is 1.54. The molecule has 0 saturated heterocycles. The Morgan fingerprint density at radius 1 is 1.22 bits per heavy atom. The van der Waals surface area contributed by atoms with Gasteiger partial charge in [0.25, 0.3) is 0 Å². The molecule has 1 saturated carbocycles. The second-order valence-corrected chi connectivity index (χ2v) is 6.13. The van der Waals surface area contributed by atoms with Crippen LogP contribution >= 0.6 is 0 Å². The summed E-state index contributed by atoms with van der Waals surface area (Å²) < 4.78 is 10.8. The van der Waals surface area contributed by atoms with Crippen LogP contribution in [0, 0.1) is 5.92 Å². The maximum absolute atomic E-state index is 11.9. The van der Waals surface area contributed by atoms with Crippen LogP contribution in [-0.4, -0.2) is 42.3 Å². The molecule has 0 aromatic heterocycles. The minimum atomic E-state index is -0.965. The topological polar surface area (TPSA) is 96.9 Å². The van der Waals surface area contributed by atoms with Crippen molar-refractivity contribution in [3.8, 4) is 11.5 Å². The number of aliphatic hydroxyl groups is 1. The average Bonchev–Trinajstić information content (AvgIpc) is 3.38. The van der Waals surface area contributed by atoms with Crippen LogP contribution in [0.15, 0.2) is 18.2 Å². The second-order valence-electron chi connectivity index (χ2n) is 6.13. The zero-order valence-corrected chi connectivity index (χ0v) is 12.9. The van der Waals surface area contributed by atoms with Crippen LogP contribution < -0.4 is 20.1 Å². The van der Waals surface area contributed by atoms with Crippen LogP contribution in [0.2, 0.25) is 0 Å². The lowest BCUT2D eigenvalue weighted by atomic mass is 10.0. The fourth-order valence-electron chi connectivity index (χ4n) is 2.50. The first-order valence-corrected chi connectivity index (χ1v) is 7.67. The van der Waals surface area contributed by atoms with E-state index in [1.807, 2.05) is 0 Å². The van der Waals surface area contributed by atoms with Gasteiger partial charge < -0.3 is 25.2 Å². The number of nitrogens with one attached hydrogen (secondary N) is 2. The Bertz CT molecular complexity index is 625. The first kappa shape index (κ1) is 15.6. The van der Waals surface area contributed by atoms with Gasteiger partial charge in [0.05, 0.1) is 5.60 Å². The lowest BCUT2D eigenvalue weighted by molar-refractivity contribution is -0.136. The summed E-state index contributed by atoms with van der Waals surface area (Å²) in [6.45, 7) is 2.66. The minimum absolute atomic E-state index is 0.0606. The van der Waals surface area contributed by atoms with E-state index in [2.05, 4.69) is 10.6 Å². The number of hydrogen-bond acceptors (Lipinski definition) is 5. The van der Waals surface area contributed by atoms with Crippen molar-refractivity contribution in [3.63, 3.8) is 0 Å². The Labute approximate surface area is 134 Å². The Kier molecular flexibility index (Phi) is 4.12.